The molecule has 0 aromatic heterocycles. The molecule has 12 aromatic carbocycles. The van der Waals surface area contributed by atoms with Crippen LogP contribution in [0.4, 0.5) is 0 Å². The van der Waals surface area contributed by atoms with Gasteiger partial charge in [-0.25, -0.2) is 0 Å². The minimum absolute atomic E-state index is 0.417. The smallest absolute Gasteiger partial charge is 0.0622 e. The van der Waals surface area contributed by atoms with Crippen LogP contribution in [0, 0.1) is 6.92 Å². The summed E-state index contributed by atoms with van der Waals surface area (Å²) in [7, 11) is 0. The first-order valence-corrected chi connectivity index (χ1v) is 24.4. The summed E-state index contributed by atoms with van der Waals surface area (Å²) in [4.78, 5) is 0. The average Bonchev–Trinajstić information content (AvgIpc) is 3.73. The van der Waals surface area contributed by atoms with Crippen molar-refractivity contribution in [3.05, 3.63) is 300 Å². The molecule has 0 saturated heterocycles. The molecular formula is C70H48. The lowest BCUT2D eigenvalue weighted by Crippen LogP contribution is -2.28. The molecule has 0 atom stereocenters. The third kappa shape index (κ3) is 6.75. The van der Waals surface area contributed by atoms with Gasteiger partial charge in [0.2, 0.25) is 0 Å². The van der Waals surface area contributed by atoms with E-state index in [1.54, 1.807) is 0 Å². The van der Waals surface area contributed by atoms with Gasteiger partial charge in [0.1, 0.15) is 0 Å². The second kappa shape index (κ2) is 17.0. The van der Waals surface area contributed by atoms with E-state index in [2.05, 4.69) is 280 Å². The Morgan fingerprint density at radius 1 is 0.271 bits per heavy atom. The number of hydrogen-bond donors (Lipinski definition) is 0. The molecule has 0 amide bonds. The van der Waals surface area contributed by atoms with E-state index in [0.717, 1.165) is 0 Å². The first-order chi connectivity index (χ1) is 34.6. The largest absolute Gasteiger partial charge is 0.0713 e. The predicted molar refractivity (Wildman–Crippen MR) is 298 cm³/mol. The number of aryl methyl sites for hydroxylation is 1. The third-order valence-electron chi connectivity index (χ3n) is 14.9. The van der Waals surface area contributed by atoms with Crippen LogP contribution in [0.15, 0.2) is 261 Å². The molecule has 328 valence electrons. The molecule has 0 spiro atoms. The molecule has 13 rings (SSSR count). The Morgan fingerprint density at radius 2 is 0.686 bits per heavy atom. The molecule has 70 heavy (non-hydrogen) atoms. The van der Waals surface area contributed by atoms with Gasteiger partial charge in [-0.05, 0) is 128 Å². The van der Waals surface area contributed by atoms with Gasteiger partial charge in [0, 0.05) is 0 Å². The van der Waals surface area contributed by atoms with Gasteiger partial charge in [0.25, 0.3) is 0 Å². The highest BCUT2D eigenvalue weighted by Crippen LogP contribution is 2.56. The summed E-state index contributed by atoms with van der Waals surface area (Å²) in [5.41, 5.74) is 20.9. The average molecular weight is 889 g/mol. The lowest BCUT2D eigenvalue weighted by molar-refractivity contribution is 0.768. The molecule has 0 fully saturated rings. The fourth-order valence-electron chi connectivity index (χ4n) is 11.6. The van der Waals surface area contributed by atoms with Gasteiger partial charge in [-0.3, -0.25) is 0 Å². The monoisotopic (exact) mass is 888 g/mol. The van der Waals surface area contributed by atoms with E-state index in [0.29, 0.717) is 0 Å². The number of fused-ring (bicyclic) bond motifs is 6. The summed E-state index contributed by atoms with van der Waals surface area (Å²) in [5.74, 6) is 0. The number of hydrogen-bond acceptors (Lipinski definition) is 0. The number of benzene rings is 12. The van der Waals surface area contributed by atoms with E-state index in [4.69, 9.17) is 0 Å². The first kappa shape index (κ1) is 41.4. The van der Waals surface area contributed by atoms with Crippen LogP contribution in [0.25, 0.3) is 100 Å². The van der Waals surface area contributed by atoms with Crippen molar-refractivity contribution in [3.8, 4) is 55.6 Å². The Bertz CT molecular complexity index is 3850. The van der Waals surface area contributed by atoms with Crippen molar-refractivity contribution in [2.75, 3.05) is 0 Å². The molecule has 0 aliphatic heterocycles. The lowest BCUT2D eigenvalue weighted by atomic mass is 9.67. The molecule has 0 heteroatoms. The van der Waals surface area contributed by atoms with Crippen molar-refractivity contribution >= 4 is 44.5 Å². The van der Waals surface area contributed by atoms with Crippen LogP contribution in [-0.2, 0) is 5.41 Å². The van der Waals surface area contributed by atoms with Gasteiger partial charge >= 0.3 is 0 Å². The van der Waals surface area contributed by atoms with Gasteiger partial charge in [-0.2, -0.15) is 0 Å². The molecule has 0 nitrogen and oxygen atoms in total. The fraction of sp³-hybridized carbons (Fsp3) is 0.0286. The molecule has 0 saturated carbocycles. The molecule has 0 N–H and O–H groups in total. The predicted octanol–water partition coefficient (Wildman–Crippen LogP) is 18.7. The molecule has 0 unspecified atom stereocenters. The van der Waals surface area contributed by atoms with Crippen molar-refractivity contribution in [2.45, 2.75) is 12.3 Å². The summed E-state index contributed by atoms with van der Waals surface area (Å²) in [6.45, 7) is 2.17. The SMILES string of the molecule is Cc1ccc(C2(c3ccc(-c4ccc(-c5c6ccccc6c(-c6ccc(/C=C/c7ccc(-c8ccccc8)cc7)c7ccccc67)c6ccccc56)cc4)cc3)c3ccccc3-c3ccccc32)cc1. The summed E-state index contributed by atoms with van der Waals surface area (Å²) in [6.07, 6.45) is 4.49. The van der Waals surface area contributed by atoms with Crippen LogP contribution < -0.4 is 0 Å². The van der Waals surface area contributed by atoms with Crippen LogP contribution in [0.1, 0.15) is 38.9 Å². The Morgan fingerprint density at radius 3 is 1.26 bits per heavy atom. The summed E-state index contributed by atoms with van der Waals surface area (Å²) < 4.78 is 0. The first-order valence-electron chi connectivity index (χ1n) is 24.4. The highest BCUT2D eigenvalue weighted by molar-refractivity contribution is 6.24. The zero-order valence-corrected chi connectivity index (χ0v) is 39.0. The Balaban J connectivity index is 0.871. The van der Waals surface area contributed by atoms with Crippen LogP contribution >= 0.6 is 0 Å². The van der Waals surface area contributed by atoms with Gasteiger partial charge in [0.05, 0.1) is 5.41 Å². The van der Waals surface area contributed by atoms with Crippen LogP contribution in [0.5, 0.6) is 0 Å². The molecule has 1 aliphatic rings. The van der Waals surface area contributed by atoms with E-state index in [1.807, 2.05) is 0 Å². The Hall–Kier alpha value is -8.84. The van der Waals surface area contributed by atoms with Crippen molar-refractivity contribution in [2.24, 2.45) is 0 Å². The van der Waals surface area contributed by atoms with E-state index >= 15 is 0 Å². The summed E-state index contributed by atoms with van der Waals surface area (Å²) in [5, 5.41) is 7.48. The minimum atomic E-state index is -0.417. The van der Waals surface area contributed by atoms with Crippen LogP contribution in [0.3, 0.4) is 0 Å². The van der Waals surface area contributed by atoms with Gasteiger partial charge < -0.3 is 0 Å². The van der Waals surface area contributed by atoms with Gasteiger partial charge in [-0.1, -0.05) is 279 Å². The highest BCUT2D eigenvalue weighted by atomic mass is 14.5. The molecule has 0 bridgehead atoms. The molecule has 12 aromatic rings. The standard InChI is InChI=1S/C70H48/c1-47-27-42-55(43-28-47)70(66-25-13-11-19-59(66)60-20-12-14-26-67(60)70)56-44-39-52(40-45-56)51-35-37-54(38-36-51)68-61-21-7-9-23-63(61)69(64-24-10-8-22-62(64)68)65-46-41-53(57-17-5-6-18-58(57)65)34-31-48-29-32-50(33-30-48)49-15-3-2-4-16-49/h2-46H,1H3/b34-31+. The highest BCUT2D eigenvalue weighted by Gasteiger charge is 2.45. The van der Waals surface area contributed by atoms with Gasteiger partial charge in [0.15, 0.2) is 0 Å². The van der Waals surface area contributed by atoms with Crippen molar-refractivity contribution < 1.29 is 0 Å². The summed E-state index contributed by atoms with van der Waals surface area (Å²) in [6, 6.07) is 96.5. The second-order valence-corrected chi connectivity index (χ2v) is 18.8. The van der Waals surface area contributed by atoms with E-state index in [-0.39, 0.29) is 0 Å². The van der Waals surface area contributed by atoms with E-state index in [1.165, 1.54) is 127 Å². The zero-order chi connectivity index (χ0) is 46.6. The normalized spacial score (nSPS) is 12.7. The molecule has 1 aliphatic carbocycles. The van der Waals surface area contributed by atoms with Crippen molar-refractivity contribution in [3.63, 3.8) is 0 Å². The van der Waals surface area contributed by atoms with Crippen LogP contribution in [0.2, 0.25) is 0 Å². The number of rotatable bonds is 8. The minimum Gasteiger partial charge on any atom is -0.0622 e. The lowest BCUT2D eigenvalue weighted by Gasteiger charge is -2.34. The van der Waals surface area contributed by atoms with Gasteiger partial charge in [-0.15, -0.1) is 0 Å². The quantitative estimate of drug-likeness (QED) is 0.105. The fourth-order valence-corrected chi connectivity index (χ4v) is 11.6. The van der Waals surface area contributed by atoms with E-state index in [9.17, 15) is 0 Å². The maximum absolute atomic E-state index is 2.36. The Kier molecular flexibility index (Phi) is 10.1. The van der Waals surface area contributed by atoms with Crippen molar-refractivity contribution in [1.82, 2.24) is 0 Å². The third-order valence-corrected chi connectivity index (χ3v) is 14.9. The topological polar surface area (TPSA) is 0 Å². The van der Waals surface area contributed by atoms with E-state index < -0.39 is 5.41 Å². The van der Waals surface area contributed by atoms with Crippen molar-refractivity contribution in [1.29, 1.82) is 0 Å². The maximum atomic E-state index is 2.36. The van der Waals surface area contributed by atoms with Crippen LogP contribution in [-0.4, -0.2) is 0 Å². The zero-order valence-electron chi connectivity index (χ0n) is 39.0. The Labute approximate surface area is 410 Å². The molecular weight excluding hydrogens is 841 g/mol. The second-order valence-electron chi connectivity index (χ2n) is 18.8. The summed E-state index contributed by atoms with van der Waals surface area (Å²) >= 11 is 0. The maximum Gasteiger partial charge on any atom is 0.0713 e. The molecule has 0 radical (unpaired) electrons. The molecule has 0 heterocycles.